The molecule has 1 saturated carbocycles. The summed E-state index contributed by atoms with van der Waals surface area (Å²) in [7, 11) is 6.22. The van der Waals surface area contributed by atoms with E-state index in [1.54, 1.807) is 24.1 Å². The van der Waals surface area contributed by atoms with Crippen molar-refractivity contribution in [3.8, 4) is 23.0 Å². The Morgan fingerprint density at radius 1 is 0.844 bits per heavy atom. The number of nitrogens with one attached hydrogen (secondary N) is 2. The van der Waals surface area contributed by atoms with Crippen molar-refractivity contribution in [3.05, 3.63) is 83.6 Å². The van der Waals surface area contributed by atoms with E-state index in [9.17, 15) is 9.59 Å². The van der Waals surface area contributed by atoms with Crippen LogP contribution in [0.25, 0.3) is 10.9 Å². The van der Waals surface area contributed by atoms with Crippen LogP contribution in [0.4, 0.5) is 0 Å². The maximum Gasteiger partial charge on any atom is 0.247 e. The molecular weight excluding hydrogens is 570 g/mol. The van der Waals surface area contributed by atoms with Crippen LogP contribution < -0.4 is 24.3 Å². The summed E-state index contributed by atoms with van der Waals surface area (Å²) in [4.78, 5) is 33.8. The van der Waals surface area contributed by atoms with Gasteiger partial charge in [-0.15, -0.1) is 0 Å². The SMILES string of the molecule is COc1ccccc1CN(C(=O)CCc1c[nH]c2ccccc12)[C@H](C(=O)NC1CCCCC1)c1cc(OC)c(OC)c(OC)c1. The summed E-state index contributed by atoms with van der Waals surface area (Å²) in [5, 5.41) is 4.36. The fourth-order valence-electron chi connectivity index (χ4n) is 6.32. The zero-order valence-corrected chi connectivity index (χ0v) is 26.6. The van der Waals surface area contributed by atoms with Crippen LogP contribution in [0.3, 0.4) is 0 Å². The number of benzene rings is 3. The normalized spacial score (nSPS) is 14.0. The van der Waals surface area contributed by atoms with Gasteiger partial charge in [0, 0.05) is 35.1 Å². The van der Waals surface area contributed by atoms with Crippen LogP contribution in [-0.4, -0.2) is 56.2 Å². The lowest BCUT2D eigenvalue weighted by atomic mass is 9.94. The van der Waals surface area contributed by atoms with Crippen molar-refractivity contribution in [2.45, 2.75) is 63.6 Å². The highest BCUT2D eigenvalue weighted by Gasteiger charge is 2.35. The number of aromatic nitrogens is 1. The van der Waals surface area contributed by atoms with Gasteiger partial charge in [-0.25, -0.2) is 0 Å². The predicted octanol–water partition coefficient (Wildman–Crippen LogP) is 6.35. The summed E-state index contributed by atoms with van der Waals surface area (Å²) < 4.78 is 22.6. The number of aromatic amines is 1. The molecule has 0 aliphatic heterocycles. The number of carbonyl (C=O) groups excluding carboxylic acids is 2. The molecule has 1 aliphatic carbocycles. The molecule has 2 N–H and O–H groups in total. The van der Waals surface area contributed by atoms with Crippen molar-refractivity contribution >= 4 is 22.7 Å². The molecule has 1 atom stereocenters. The lowest BCUT2D eigenvalue weighted by molar-refractivity contribution is -0.142. The number of rotatable bonds is 13. The average molecular weight is 614 g/mol. The number of hydrogen-bond acceptors (Lipinski definition) is 6. The highest BCUT2D eigenvalue weighted by Crippen LogP contribution is 2.41. The molecule has 4 aromatic rings. The van der Waals surface area contributed by atoms with E-state index in [-0.39, 0.29) is 30.8 Å². The molecular formula is C36H43N3O6. The van der Waals surface area contributed by atoms with Crippen LogP contribution >= 0.6 is 0 Å². The Hall–Kier alpha value is -4.66. The van der Waals surface area contributed by atoms with E-state index in [1.165, 1.54) is 21.3 Å². The number of carbonyl (C=O) groups is 2. The van der Waals surface area contributed by atoms with Gasteiger partial charge in [0.1, 0.15) is 11.8 Å². The first kappa shape index (κ1) is 31.8. The van der Waals surface area contributed by atoms with E-state index < -0.39 is 6.04 Å². The van der Waals surface area contributed by atoms with E-state index in [4.69, 9.17) is 18.9 Å². The molecule has 9 nitrogen and oxygen atoms in total. The molecule has 0 radical (unpaired) electrons. The minimum atomic E-state index is -0.971. The number of ether oxygens (including phenoxy) is 4. The van der Waals surface area contributed by atoms with Gasteiger partial charge in [0.05, 0.1) is 35.0 Å². The summed E-state index contributed by atoms with van der Waals surface area (Å²) in [6, 6.07) is 18.2. The second-order valence-corrected chi connectivity index (χ2v) is 11.4. The first-order chi connectivity index (χ1) is 22.0. The lowest BCUT2D eigenvalue weighted by Gasteiger charge is -2.34. The van der Waals surface area contributed by atoms with Gasteiger partial charge >= 0.3 is 0 Å². The molecule has 1 aromatic heterocycles. The molecule has 0 spiro atoms. The summed E-state index contributed by atoms with van der Waals surface area (Å²) in [6.45, 7) is 0.163. The van der Waals surface area contributed by atoms with Crippen molar-refractivity contribution < 1.29 is 28.5 Å². The number of methoxy groups -OCH3 is 4. The number of hydrogen-bond donors (Lipinski definition) is 2. The van der Waals surface area contributed by atoms with Crippen LogP contribution in [-0.2, 0) is 22.6 Å². The smallest absolute Gasteiger partial charge is 0.247 e. The van der Waals surface area contributed by atoms with Gasteiger partial charge in [0.2, 0.25) is 17.6 Å². The zero-order chi connectivity index (χ0) is 31.8. The number of amides is 2. The maximum atomic E-state index is 14.4. The topological polar surface area (TPSA) is 102 Å². The Balaban J connectivity index is 1.57. The Morgan fingerprint density at radius 3 is 2.20 bits per heavy atom. The lowest BCUT2D eigenvalue weighted by Crippen LogP contribution is -2.47. The standard InChI is InChI=1S/C36H43N3O6/c1-42-30-17-11-8-12-25(30)23-39(33(40)19-18-24-22-37-29-16-10-9-15-28(24)29)34(36(41)38-27-13-6-5-7-14-27)26-20-31(43-2)35(45-4)32(21-26)44-3/h8-12,15-17,20-22,27,34,37H,5-7,13-14,18-19,23H2,1-4H3,(H,38,41)/t34-/m0/s1. The molecule has 2 amide bonds. The minimum absolute atomic E-state index is 0.0465. The Kier molecular flexibility index (Phi) is 10.5. The summed E-state index contributed by atoms with van der Waals surface area (Å²) >= 11 is 0. The van der Waals surface area contributed by atoms with E-state index >= 15 is 0 Å². The Morgan fingerprint density at radius 2 is 1.51 bits per heavy atom. The average Bonchev–Trinajstić information content (AvgIpc) is 3.50. The van der Waals surface area contributed by atoms with Crippen LogP contribution in [0.1, 0.15) is 61.3 Å². The number of aryl methyl sites for hydroxylation is 1. The van der Waals surface area contributed by atoms with E-state index in [0.717, 1.165) is 54.1 Å². The van der Waals surface area contributed by atoms with E-state index in [1.807, 2.05) is 48.7 Å². The van der Waals surface area contributed by atoms with Crippen molar-refractivity contribution in [3.63, 3.8) is 0 Å². The fourth-order valence-corrected chi connectivity index (χ4v) is 6.32. The second-order valence-electron chi connectivity index (χ2n) is 11.4. The van der Waals surface area contributed by atoms with Crippen molar-refractivity contribution in [1.82, 2.24) is 15.2 Å². The molecule has 0 unspecified atom stereocenters. The predicted molar refractivity (Wildman–Crippen MR) is 174 cm³/mol. The summed E-state index contributed by atoms with van der Waals surface area (Å²) in [6.07, 6.45) is 7.78. The van der Waals surface area contributed by atoms with Gasteiger partial charge in [-0.1, -0.05) is 55.7 Å². The van der Waals surface area contributed by atoms with Gasteiger partial charge < -0.3 is 34.1 Å². The second kappa shape index (κ2) is 14.9. The molecule has 1 aliphatic rings. The molecule has 0 bridgehead atoms. The summed E-state index contributed by atoms with van der Waals surface area (Å²) in [5.74, 6) is 1.47. The van der Waals surface area contributed by atoms with Gasteiger partial charge in [0.15, 0.2) is 11.5 Å². The third-order valence-electron chi connectivity index (χ3n) is 8.65. The molecule has 238 valence electrons. The number of H-pyrrole nitrogens is 1. The molecule has 3 aromatic carbocycles. The van der Waals surface area contributed by atoms with Crippen LogP contribution in [0.2, 0.25) is 0 Å². The van der Waals surface area contributed by atoms with Gasteiger partial charge in [-0.3, -0.25) is 9.59 Å². The van der Waals surface area contributed by atoms with Crippen LogP contribution in [0, 0.1) is 0 Å². The van der Waals surface area contributed by atoms with E-state index in [2.05, 4.69) is 16.4 Å². The maximum absolute atomic E-state index is 14.4. The number of para-hydroxylation sites is 2. The van der Waals surface area contributed by atoms with Gasteiger partial charge in [-0.05, 0) is 54.7 Å². The molecule has 1 heterocycles. The monoisotopic (exact) mass is 613 g/mol. The Labute approximate surface area is 264 Å². The molecule has 45 heavy (non-hydrogen) atoms. The van der Waals surface area contributed by atoms with Crippen molar-refractivity contribution in [2.75, 3.05) is 28.4 Å². The third kappa shape index (κ3) is 7.19. The summed E-state index contributed by atoms with van der Waals surface area (Å²) in [5.41, 5.74) is 3.43. The van der Waals surface area contributed by atoms with Crippen molar-refractivity contribution in [1.29, 1.82) is 0 Å². The molecule has 9 heteroatoms. The van der Waals surface area contributed by atoms with Gasteiger partial charge in [-0.2, -0.15) is 0 Å². The van der Waals surface area contributed by atoms with Crippen LogP contribution in [0.5, 0.6) is 23.0 Å². The fraction of sp³-hybridized carbons (Fsp3) is 0.389. The quantitative estimate of drug-likeness (QED) is 0.182. The molecule has 5 rings (SSSR count). The molecule has 1 fully saturated rings. The number of fused-ring (bicyclic) bond motifs is 1. The minimum Gasteiger partial charge on any atom is -0.496 e. The molecule has 0 saturated heterocycles. The number of nitrogens with zero attached hydrogens (tertiary/aromatic N) is 1. The van der Waals surface area contributed by atoms with Crippen molar-refractivity contribution in [2.24, 2.45) is 0 Å². The highest BCUT2D eigenvalue weighted by molar-refractivity contribution is 5.90. The van der Waals surface area contributed by atoms with Crippen LogP contribution in [0.15, 0.2) is 66.9 Å². The highest BCUT2D eigenvalue weighted by atomic mass is 16.5. The van der Waals surface area contributed by atoms with E-state index in [0.29, 0.717) is 35.0 Å². The largest absolute Gasteiger partial charge is 0.496 e. The zero-order valence-electron chi connectivity index (χ0n) is 26.6. The first-order valence-corrected chi connectivity index (χ1v) is 15.5. The third-order valence-corrected chi connectivity index (χ3v) is 8.65. The first-order valence-electron chi connectivity index (χ1n) is 15.5. The Bertz CT molecular complexity index is 1580. The van der Waals surface area contributed by atoms with Gasteiger partial charge in [0.25, 0.3) is 0 Å².